The minimum atomic E-state index is -0.794. The molecule has 0 radical (unpaired) electrons. The minimum Gasteiger partial charge on any atom is -0.394 e. The number of carbonyl (C=O) groups excluding carboxylic acids is 1. The van der Waals surface area contributed by atoms with Crippen molar-refractivity contribution in [2.45, 2.75) is 13.0 Å². The first-order valence-electron chi connectivity index (χ1n) is 4.81. The molecule has 1 rings (SSSR count). The second-order valence-corrected chi connectivity index (χ2v) is 3.48. The number of hydrogen-bond donors (Lipinski definition) is 2. The van der Waals surface area contributed by atoms with Gasteiger partial charge < -0.3 is 10.4 Å². The lowest BCUT2D eigenvalue weighted by Crippen LogP contribution is -2.35. The minimum absolute atomic E-state index is 0.311. The zero-order valence-electron chi connectivity index (χ0n) is 9.01. The molecule has 0 unspecified atom stereocenters. The van der Waals surface area contributed by atoms with Gasteiger partial charge in [-0.2, -0.15) is 0 Å². The highest BCUT2D eigenvalue weighted by Crippen LogP contribution is 2.19. The van der Waals surface area contributed by atoms with Crippen LogP contribution < -0.4 is 5.32 Å². The standard InChI is InChI=1S/C10H11FN2O4/c1-6(5-14)12-10(15)8-4-7(11)2-3-9(8)13(16)17/h2-4,6,14H,5H2,1H3,(H,12,15)/t6-/m1/s1. The van der Waals surface area contributed by atoms with Crippen molar-refractivity contribution in [1.29, 1.82) is 0 Å². The van der Waals surface area contributed by atoms with Gasteiger partial charge in [0.15, 0.2) is 0 Å². The van der Waals surface area contributed by atoms with Crippen LogP contribution in [-0.2, 0) is 0 Å². The van der Waals surface area contributed by atoms with Crippen LogP contribution in [0.5, 0.6) is 0 Å². The smallest absolute Gasteiger partial charge is 0.282 e. The SMILES string of the molecule is C[C@H](CO)NC(=O)c1cc(F)ccc1[N+](=O)[O-]. The van der Waals surface area contributed by atoms with Gasteiger partial charge in [-0.15, -0.1) is 0 Å². The van der Waals surface area contributed by atoms with Crippen molar-refractivity contribution >= 4 is 11.6 Å². The van der Waals surface area contributed by atoms with Gasteiger partial charge in [0.25, 0.3) is 11.6 Å². The number of carbonyl (C=O) groups is 1. The number of nitrogens with one attached hydrogen (secondary N) is 1. The van der Waals surface area contributed by atoms with Crippen LogP contribution in [0.4, 0.5) is 10.1 Å². The number of nitro groups is 1. The lowest BCUT2D eigenvalue weighted by Gasteiger charge is -2.10. The fraction of sp³-hybridized carbons (Fsp3) is 0.300. The summed E-state index contributed by atoms with van der Waals surface area (Å²) in [4.78, 5) is 21.5. The number of halogens is 1. The van der Waals surface area contributed by atoms with Gasteiger partial charge in [-0.05, 0) is 19.1 Å². The van der Waals surface area contributed by atoms with Gasteiger partial charge in [0.2, 0.25) is 0 Å². The third-order valence-electron chi connectivity index (χ3n) is 2.05. The Kier molecular flexibility index (Phi) is 4.11. The van der Waals surface area contributed by atoms with Crippen LogP contribution in [0.15, 0.2) is 18.2 Å². The molecule has 0 saturated carbocycles. The predicted octanol–water partition coefficient (Wildman–Crippen LogP) is 0.845. The van der Waals surface area contributed by atoms with E-state index in [0.29, 0.717) is 0 Å². The van der Waals surface area contributed by atoms with Crippen LogP contribution in [0.2, 0.25) is 0 Å². The van der Waals surface area contributed by atoms with Crippen molar-refractivity contribution in [2.75, 3.05) is 6.61 Å². The highest BCUT2D eigenvalue weighted by atomic mass is 19.1. The summed E-state index contributed by atoms with van der Waals surface area (Å²) in [6.07, 6.45) is 0. The summed E-state index contributed by atoms with van der Waals surface area (Å²) in [6.45, 7) is 1.21. The third-order valence-corrected chi connectivity index (χ3v) is 2.05. The van der Waals surface area contributed by atoms with E-state index < -0.39 is 28.4 Å². The van der Waals surface area contributed by atoms with E-state index in [1.54, 1.807) is 0 Å². The van der Waals surface area contributed by atoms with Crippen molar-refractivity contribution in [1.82, 2.24) is 5.32 Å². The first kappa shape index (κ1) is 13.0. The van der Waals surface area contributed by atoms with Crippen molar-refractivity contribution in [3.05, 3.63) is 39.7 Å². The zero-order valence-corrected chi connectivity index (χ0v) is 9.01. The zero-order chi connectivity index (χ0) is 13.0. The van der Waals surface area contributed by atoms with Crippen molar-refractivity contribution in [3.63, 3.8) is 0 Å². The summed E-state index contributed by atoms with van der Waals surface area (Å²) in [7, 11) is 0. The highest BCUT2D eigenvalue weighted by molar-refractivity contribution is 5.98. The van der Waals surface area contributed by atoms with Crippen LogP contribution in [0.1, 0.15) is 17.3 Å². The molecule has 0 heterocycles. The van der Waals surface area contributed by atoms with Crippen molar-refractivity contribution in [2.24, 2.45) is 0 Å². The van der Waals surface area contributed by atoms with Crippen LogP contribution in [0, 0.1) is 15.9 Å². The molecular formula is C10H11FN2O4. The topological polar surface area (TPSA) is 92.5 Å². The molecule has 6 nitrogen and oxygen atoms in total. The number of benzene rings is 1. The Morgan fingerprint density at radius 1 is 1.65 bits per heavy atom. The van der Waals surface area contributed by atoms with E-state index in [1.807, 2.05) is 0 Å². The lowest BCUT2D eigenvalue weighted by atomic mass is 10.1. The van der Waals surface area contributed by atoms with Crippen LogP contribution in [-0.4, -0.2) is 28.6 Å². The van der Waals surface area contributed by atoms with Crippen LogP contribution >= 0.6 is 0 Å². The largest absolute Gasteiger partial charge is 0.394 e. The number of hydrogen-bond acceptors (Lipinski definition) is 4. The van der Waals surface area contributed by atoms with Crippen LogP contribution in [0.25, 0.3) is 0 Å². The molecule has 1 aromatic carbocycles. The van der Waals surface area contributed by atoms with E-state index in [4.69, 9.17) is 5.11 Å². The number of nitrogens with zero attached hydrogens (tertiary/aromatic N) is 1. The van der Waals surface area contributed by atoms with Gasteiger partial charge in [-0.25, -0.2) is 4.39 Å². The number of amides is 1. The van der Waals surface area contributed by atoms with Gasteiger partial charge >= 0.3 is 0 Å². The fourth-order valence-corrected chi connectivity index (χ4v) is 1.20. The average Bonchev–Trinajstić information content (AvgIpc) is 2.28. The van der Waals surface area contributed by atoms with Gasteiger partial charge in [-0.1, -0.05) is 0 Å². The summed E-state index contributed by atoms with van der Waals surface area (Å²) < 4.78 is 12.9. The Morgan fingerprint density at radius 2 is 2.29 bits per heavy atom. The quantitative estimate of drug-likeness (QED) is 0.604. The van der Waals surface area contributed by atoms with E-state index in [-0.39, 0.29) is 12.2 Å². The molecule has 0 saturated heterocycles. The molecule has 0 fully saturated rings. The maximum atomic E-state index is 12.9. The molecule has 0 spiro atoms. The number of aliphatic hydroxyl groups is 1. The number of rotatable bonds is 4. The van der Waals surface area contributed by atoms with Gasteiger partial charge in [-0.3, -0.25) is 14.9 Å². The summed E-state index contributed by atoms with van der Waals surface area (Å²) >= 11 is 0. The number of aliphatic hydroxyl groups excluding tert-OH is 1. The first-order valence-corrected chi connectivity index (χ1v) is 4.81. The maximum absolute atomic E-state index is 12.9. The highest BCUT2D eigenvalue weighted by Gasteiger charge is 2.21. The van der Waals surface area contributed by atoms with E-state index in [1.165, 1.54) is 6.92 Å². The monoisotopic (exact) mass is 242 g/mol. The molecule has 0 aliphatic heterocycles. The molecule has 1 atom stereocenters. The average molecular weight is 242 g/mol. The summed E-state index contributed by atoms with van der Waals surface area (Å²) in [5.41, 5.74) is -0.843. The second kappa shape index (κ2) is 5.35. The normalized spacial score (nSPS) is 11.9. The molecule has 17 heavy (non-hydrogen) atoms. The van der Waals surface area contributed by atoms with Crippen molar-refractivity contribution < 1.29 is 19.2 Å². The summed E-state index contributed by atoms with van der Waals surface area (Å²) in [5.74, 6) is -1.53. The summed E-state index contributed by atoms with van der Waals surface area (Å²) in [5, 5.41) is 21.7. The Balaban J connectivity index is 3.06. The van der Waals surface area contributed by atoms with Crippen molar-refractivity contribution in [3.8, 4) is 0 Å². The van der Waals surface area contributed by atoms with E-state index >= 15 is 0 Å². The van der Waals surface area contributed by atoms with Crippen LogP contribution in [0.3, 0.4) is 0 Å². The fourth-order valence-electron chi connectivity index (χ4n) is 1.20. The summed E-state index contributed by atoms with van der Waals surface area (Å²) in [6, 6.07) is 2.06. The molecule has 0 bridgehead atoms. The Labute approximate surface area is 96.2 Å². The number of nitro benzene ring substituents is 1. The second-order valence-electron chi connectivity index (χ2n) is 3.48. The Morgan fingerprint density at radius 3 is 2.82 bits per heavy atom. The molecule has 0 aliphatic rings. The third kappa shape index (κ3) is 3.22. The van der Waals surface area contributed by atoms with Gasteiger partial charge in [0, 0.05) is 12.1 Å². The lowest BCUT2D eigenvalue weighted by molar-refractivity contribution is -0.385. The Bertz CT molecular complexity index is 450. The van der Waals surface area contributed by atoms with E-state index in [9.17, 15) is 19.3 Å². The Hall–Kier alpha value is -2.02. The maximum Gasteiger partial charge on any atom is 0.282 e. The van der Waals surface area contributed by atoms with Gasteiger partial charge in [0.05, 0.1) is 11.5 Å². The van der Waals surface area contributed by atoms with E-state index in [0.717, 1.165) is 18.2 Å². The molecule has 92 valence electrons. The molecule has 0 aromatic heterocycles. The molecule has 0 aliphatic carbocycles. The first-order chi connectivity index (χ1) is 7.95. The molecule has 2 N–H and O–H groups in total. The van der Waals surface area contributed by atoms with E-state index in [2.05, 4.69) is 5.32 Å². The molecule has 1 amide bonds. The predicted molar refractivity (Wildman–Crippen MR) is 57.1 cm³/mol. The molecule has 1 aromatic rings. The molecular weight excluding hydrogens is 231 g/mol. The van der Waals surface area contributed by atoms with Gasteiger partial charge in [0.1, 0.15) is 11.4 Å². The molecule has 7 heteroatoms.